The number of thiophene rings is 1. The number of hydrogen-bond acceptors (Lipinski definition) is 5. The normalized spacial score (nSPS) is 16.5. The molecule has 1 fully saturated rings. The number of aliphatic carboxylic acids is 1. The molecule has 2 aromatic heterocycles. The van der Waals surface area contributed by atoms with Crippen molar-refractivity contribution in [3.63, 3.8) is 0 Å². The van der Waals surface area contributed by atoms with E-state index < -0.39 is 5.97 Å². The Morgan fingerprint density at radius 2 is 1.73 bits per heavy atom. The molecular formula is C34H46N4O5S. The Kier molecular flexibility index (Phi) is 12.4. The summed E-state index contributed by atoms with van der Waals surface area (Å²) >= 11 is 1.56. The summed E-state index contributed by atoms with van der Waals surface area (Å²) in [4.78, 5) is 51.8. The fraction of sp³-hybridized carbons (Fsp3) is 0.529. The van der Waals surface area contributed by atoms with Crippen LogP contribution in [0.25, 0.3) is 10.2 Å². The molecule has 0 unspecified atom stereocenters. The molecule has 2 heterocycles. The standard InChI is InChI=1S/C34H46N4O5S/c1-3-37(27-11-9-10-24(2)20-27)31(39)23-38-28-17-19-44-30(28)21-29(38)34(43)36-22-25-13-15-26(16-14-25)33(42)35-18-8-6-4-5-7-12-32(40)41/h9-11,17,19-21,25-26H,3-8,12-16,18,22-23H2,1-2H3,(H,35,42)(H,36,43)(H,40,41). The van der Waals surface area contributed by atoms with Crippen LogP contribution in [0.2, 0.25) is 0 Å². The van der Waals surface area contributed by atoms with Crippen molar-refractivity contribution in [1.82, 2.24) is 15.2 Å². The van der Waals surface area contributed by atoms with Gasteiger partial charge in [0.25, 0.3) is 5.91 Å². The first-order chi connectivity index (χ1) is 21.3. The zero-order valence-corrected chi connectivity index (χ0v) is 26.8. The van der Waals surface area contributed by atoms with E-state index in [2.05, 4.69) is 10.6 Å². The van der Waals surface area contributed by atoms with Crippen LogP contribution in [0.5, 0.6) is 0 Å². The van der Waals surface area contributed by atoms with Crippen molar-refractivity contribution in [3.05, 3.63) is 53.0 Å². The maximum Gasteiger partial charge on any atom is 0.303 e. The number of nitrogens with one attached hydrogen (secondary N) is 2. The lowest BCUT2D eigenvalue weighted by atomic mass is 9.81. The number of aryl methyl sites for hydroxylation is 1. The van der Waals surface area contributed by atoms with Crippen LogP contribution in [0, 0.1) is 18.8 Å². The molecule has 0 radical (unpaired) electrons. The molecule has 0 saturated heterocycles. The summed E-state index contributed by atoms with van der Waals surface area (Å²) in [7, 11) is 0. The van der Waals surface area contributed by atoms with Crippen LogP contribution < -0.4 is 15.5 Å². The molecular weight excluding hydrogens is 576 g/mol. The van der Waals surface area contributed by atoms with Crippen LogP contribution in [-0.4, -0.2) is 53.0 Å². The first-order valence-corrected chi connectivity index (χ1v) is 16.9. The number of fused-ring (bicyclic) bond motifs is 1. The molecule has 0 spiro atoms. The highest BCUT2D eigenvalue weighted by molar-refractivity contribution is 7.17. The van der Waals surface area contributed by atoms with E-state index in [0.717, 1.165) is 72.8 Å². The SMILES string of the molecule is CCN(C(=O)Cn1c(C(=O)NCC2CCC(C(=O)NCCCCCCCC(=O)O)CC2)cc2sccc21)c1cccc(C)c1. The Labute approximate surface area is 264 Å². The molecule has 1 aliphatic rings. The predicted octanol–water partition coefficient (Wildman–Crippen LogP) is 6.14. The van der Waals surface area contributed by atoms with Gasteiger partial charge >= 0.3 is 5.97 Å². The summed E-state index contributed by atoms with van der Waals surface area (Å²) in [6, 6.07) is 11.7. The summed E-state index contributed by atoms with van der Waals surface area (Å²) in [5.41, 5.74) is 3.32. The molecule has 1 saturated carbocycles. The summed E-state index contributed by atoms with van der Waals surface area (Å²) in [6.45, 7) is 5.79. The number of nitrogens with zero attached hydrogens (tertiary/aromatic N) is 2. The average Bonchev–Trinajstić information content (AvgIpc) is 3.60. The van der Waals surface area contributed by atoms with Gasteiger partial charge in [0, 0.05) is 37.7 Å². The number of unbranched alkanes of at least 4 members (excludes halogenated alkanes) is 4. The van der Waals surface area contributed by atoms with Gasteiger partial charge in [-0.2, -0.15) is 0 Å². The highest BCUT2D eigenvalue weighted by atomic mass is 32.1. The van der Waals surface area contributed by atoms with Crippen molar-refractivity contribution in [3.8, 4) is 0 Å². The van der Waals surface area contributed by atoms with Gasteiger partial charge in [0.2, 0.25) is 11.8 Å². The van der Waals surface area contributed by atoms with Gasteiger partial charge in [-0.15, -0.1) is 11.3 Å². The number of benzene rings is 1. The maximum absolute atomic E-state index is 13.5. The van der Waals surface area contributed by atoms with Crippen LogP contribution in [-0.2, 0) is 20.9 Å². The molecule has 1 aromatic carbocycles. The third-order valence-corrected chi connectivity index (χ3v) is 9.47. The number of anilines is 1. The lowest BCUT2D eigenvalue weighted by Gasteiger charge is -2.28. The van der Waals surface area contributed by atoms with Gasteiger partial charge in [-0.3, -0.25) is 19.2 Å². The van der Waals surface area contributed by atoms with E-state index in [9.17, 15) is 19.2 Å². The van der Waals surface area contributed by atoms with Gasteiger partial charge in [0.15, 0.2) is 0 Å². The maximum atomic E-state index is 13.5. The van der Waals surface area contributed by atoms with E-state index in [-0.39, 0.29) is 36.6 Å². The lowest BCUT2D eigenvalue weighted by Crippen LogP contribution is -2.37. The zero-order chi connectivity index (χ0) is 31.5. The van der Waals surface area contributed by atoms with Gasteiger partial charge in [-0.05, 0) is 93.5 Å². The smallest absolute Gasteiger partial charge is 0.303 e. The number of carboxylic acid groups (broad SMARTS) is 1. The van der Waals surface area contributed by atoms with Crippen LogP contribution in [0.1, 0.15) is 87.2 Å². The average molecular weight is 623 g/mol. The Hall–Kier alpha value is -3.66. The summed E-state index contributed by atoms with van der Waals surface area (Å²) in [6.07, 6.45) is 8.14. The molecule has 10 heteroatoms. The fourth-order valence-corrected chi connectivity index (χ4v) is 6.92. The minimum absolute atomic E-state index is 0.0162. The second kappa shape index (κ2) is 16.4. The van der Waals surface area contributed by atoms with Gasteiger partial charge < -0.3 is 25.2 Å². The second-order valence-corrected chi connectivity index (χ2v) is 12.8. The van der Waals surface area contributed by atoms with E-state index in [0.29, 0.717) is 37.7 Å². The van der Waals surface area contributed by atoms with Gasteiger partial charge in [0.1, 0.15) is 12.2 Å². The number of carbonyl (C=O) groups is 4. The fourth-order valence-electron chi connectivity index (χ4n) is 6.10. The van der Waals surface area contributed by atoms with Crippen LogP contribution >= 0.6 is 11.3 Å². The quantitative estimate of drug-likeness (QED) is 0.166. The Morgan fingerprint density at radius 3 is 2.45 bits per heavy atom. The number of likely N-dealkylation sites (N-methyl/N-ethyl adjacent to an activating group) is 1. The van der Waals surface area contributed by atoms with Crippen LogP contribution in [0.4, 0.5) is 5.69 Å². The Morgan fingerprint density at radius 1 is 0.977 bits per heavy atom. The molecule has 0 bridgehead atoms. The number of amides is 3. The number of hydrogen-bond donors (Lipinski definition) is 3. The van der Waals surface area contributed by atoms with Crippen LogP contribution in [0.15, 0.2) is 41.8 Å². The molecule has 0 atom stereocenters. The third kappa shape index (κ3) is 9.17. The monoisotopic (exact) mass is 622 g/mol. The summed E-state index contributed by atoms with van der Waals surface area (Å²) in [5.74, 6) is -0.538. The highest BCUT2D eigenvalue weighted by Crippen LogP contribution is 2.29. The van der Waals surface area contributed by atoms with Crippen molar-refractivity contribution in [1.29, 1.82) is 0 Å². The largest absolute Gasteiger partial charge is 0.481 e. The molecule has 1 aliphatic carbocycles. The van der Waals surface area contributed by atoms with E-state index in [1.165, 1.54) is 0 Å². The van der Waals surface area contributed by atoms with Crippen molar-refractivity contribution < 1.29 is 24.3 Å². The van der Waals surface area contributed by atoms with E-state index in [1.807, 2.05) is 60.2 Å². The molecule has 4 rings (SSSR count). The summed E-state index contributed by atoms with van der Waals surface area (Å²) < 4.78 is 2.81. The zero-order valence-electron chi connectivity index (χ0n) is 26.0. The van der Waals surface area contributed by atoms with E-state index in [4.69, 9.17) is 5.11 Å². The van der Waals surface area contributed by atoms with E-state index in [1.54, 1.807) is 16.2 Å². The topological polar surface area (TPSA) is 121 Å². The molecule has 3 amide bonds. The van der Waals surface area contributed by atoms with Crippen molar-refractivity contribution >= 4 is 50.9 Å². The molecule has 9 nitrogen and oxygen atoms in total. The second-order valence-electron chi connectivity index (χ2n) is 11.9. The van der Waals surface area contributed by atoms with Crippen LogP contribution in [0.3, 0.4) is 0 Å². The predicted molar refractivity (Wildman–Crippen MR) is 175 cm³/mol. The molecule has 0 aliphatic heterocycles. The molecule has 3 aromatic rings. The number of rotatable bonds is 16. The third-order valence-electron chi connectivity index (χ3n) is 8.61. The minimum Gasteiger partial charge on any atom is -0.481 e. The van der Waals surface area contributed by atoms with Gasteiger partial charge in [0.05, 0.1) is 10.2 Å². The minimum atomic E-state index is -0.745. The van der Waals surface area contributed by atoms with Gasteiger partial charge in [-0.25, -0.2) is 0 Å². The first-order valence-electron chi connectivity index (χ1n) is 16.0. The van der Waals surface area contributed by atoms with Crippen molar-refractivity contribution in [2.45, 2.75) is 84.6 Å². The summed E-state index contributed by atoms with van der Waals surface area (Å²) in [5, 5.41) is 16.9. The first kappa shape index (κ1) is 33.2. The molecule has 238 valence electrons. The van der Waals surface area contributed by atoms with Crippen molar-refractivity contribution in [2.75, 3.05) is 24.5 Å². The molecule has 44 heavy (non-hydrogen) atoms. The van der Waals surface area contributed by atoms with E-state index >= 15 is 0 Å². The number of carboxylic acids is 1. The van der Waals surface area contributed by atoms with Gasteiger partial charge in [-0.1, -0.05) is 31.4 Å². The lowest BCUT2D eigenvalue weighted by molar-refractivity contribution is -0.137. The number of aromatic nitrogens is 1. The highest BCUT2D eigenvalue weighted by Gasteiger charge is 2.27. The Balaban J connectivity index is 1.23. The molecule has 3 N–H and O–H groups in total. The Bertz CT molecular complexity index is 1420. The number of carbonyl (C=O) groups excluding carboxylic acids is 3. The van der Waals surface area contributed by atoms with Crippen molar-refractivity contribution in [2.24, 2.45) is 11.8 Å².